The van der Waals surface area contributed by atoms with Crippen LogP contribution in [0.15, 0.2) is 48.5 Å². The van der Waals surface area contributed by atoms with E-state index in [4.69, 9.17) is 0 Å². The van der Waals surface area contributed by atoms with Crippen LogP contribution in [0, 0.1) is 12.7 Å². The number of nitrogens with zero attached hydrogens (tertiary/aromatic N) is 3. The van der Waals surface area contributed by atoms with Crippen molar-refractivity contribution in [1.82, 2.24) is 14.7 Å². The molecule has 2 aromatic carbocycles. The largest absolute Gasteiger partial charge is 0.335 e. The molecule has 0 bridgehead atoms. The van der Waals surface area contributed by atoms with Gasteiger partial charge in [0.2, 0.25) is 0 Å². The fraction of sp³-hybridized carbons (Fsp3) is 0.333. The van der Waals surface area contributed by atoms with E-state index in [1.807, 2.05) is 30.3 Å². The van der Waals surface area contributed by atoms with Crippen LogP contribution >= 0.6 is 0 Å². The summed E-state index contributed by atoms with van der Waals surface area (Å²) in [5.74, 6) is -0.561. The minimum absolute atomic E-state index is 0.0483. The number of carbonyl (C=O) groups is 2. The zero-order valence-corrected chi connectivity index (χ0v) is 15.7. The molecular formula is C21H24FN3O2. The zero-order chi connectivity index (χ0) is 19.4. The average Bonchev–Trinajstić information content (AvgIpc) is 2.70. The Hall–Kier alpha value is -2.89. The molecule has 3 amide bonds. The maximum absolute atomic E-state index is 13.7. The third-order valence-corrected chi connectivity index (χ3v) is 4.92. The van der Waals surface area contributed by atoms with Crippen LogP contribution in [0.4, 0.5) is 9.18 Å². The van der Waals surface area contributed by atoms with Crippen LogP contribution in [0.3, 0.4) is 0 Å². The highest BCUT2D eigenvalue weighted by Gasteiger charge is 2.27. The highest BCUT2D eigenvalue weighted by atomic mass is 19.1. The van der Waals surface area contributed by atoms with E-state index in [-0.39, 0.29) is 17.8 Å². The minimum Gasteiger partial charge on any atom is -0.335 e. The van der Waals surface area contributed by atoms with Crippen LogP contribution in [0.25, 0.3) is 0 Å². The highest BCUT2D eigenvalue weighted by Crippen LogP contribution is 2.16. The number of benzene rings is 2. The monoisotopic (exact) mass is 369 g/mol. The van der Waals surface area contributed by atoms with Crippen molar-refractivity contribution in [2.45, 2.75) is 13.5 Å². The quantitative estimate of drug-likeness (QED) is 0.834. The van der Waals surface area contributed by atoms with E-state index in [2.05, 4.69) is 0 Å². The van der Waals surface area contributed by atoms with Gasteiger partial charge in [0.1, 0.15) is 5.82 Å². The van der Waals surface area contributed by atoms with Crippen LogP contribution in [0.5, 0.6) is 0 Å². The normalized spacial score (nSPS) is 14.2. The van der Waals surface area contributed by atoms with Crippen LogP contribution in [0.2, 0.25) is 0 Å². The lowest BCUT2D eigenvalue weighted by molar-refractivity contribution is 0.0642. The first-order chi connectivity index (χ1) is 13.0. The Morgan fingerprint density at radius 3 is 2.26 bits per heavy atom. The number of halogens is 1. The number of carbonyl (C=O) groups excluding carboxylic acids is 2. The molecule has 0 radical (unpaired) electrons. The SMILES string of the molecule is Cc1c(F)cccc1C(=O)N1CCN(C(=O)N(C)Cc2ccccc2)CC1. The van der Waals surface area contributed by atoms with Gasteiger partial charge in [0.15, 0.2) is 0 Å². The van der Waals surface area contributed by atoms with Crippen molar-refractivity contribution in [3.05, 3.63) is 71.0 Å². The molecular weight excluding hydrogens is 345 g/mol. The standard InChI is InChI=1S/C21H24FN3O2/c1-16-18(9-6-10-19(16)22)20(26)24-11-13-25(14-12-24)21(27)23(2)15-17-7-4-3-5-8-17/h3-10H,11-15H2,1-2H3. The average molecular weight is 369 g/mol. The first kappa shape index (κ1) is 18.9. The molecule has 6 heteroatoms. The summed E-state index contributed by atoms with van der Waals surface area (Å²) in [5.41, 5.74) is 1.82. The second-order valence-corrected chi connectivity index (χ2v) is 6.82. The Labute approximate surface area is 159 Å². The van der Waals surface area contributed by atoms with Crippen molar-refractivity contribution in [2.24, 2.45) is 0 Å². The number of rotatable bonds is 3. The Bertz CT molecular complexity index is 817. The molecule has 2 aromatic rings. The van der Waals surface area contributed by atoms with Gasteiger partial charge in [-0.25, -0.2) is 9.18 Å². The molecule has 1 saturated heterocycles. The Morgan fingerprint density at radius 1 is 0.963 bits per heavy atom. The van der Waals surface area contributed by atoms with Gasteiger partial charge in [-0.2, -0.15) is 0 Å². The molecule has 0 spiro atoms. The predicted octanol–water partition coefficient (Wildman–Crippen LogP) is 3.14. The fourth-order valence-electron chi connectivity index (χ4n) is 3.28. The second-order valence-electron chi connectivity index (χ2n) is 6.82. The summed E-state index contributed by atoms with van der Waals surface area (Å²) in [5, 5.41) is 0. The molecule has 1 aliphatic rings. The van der Waals surface area contributed by atoms with Gasteiger partial charge in [-0.3, -0.25) is 4.79 Å². The molecule has 0 aromatic heterocycles. The molecule has 5 nitrogen and oxygen atoms in total. The number of hydrogen-bond donors (Lipinski definition) is 0. The lowest BCUT2D eigenvalue weighted by Gasteiger charge is -2.37. The topological polar surface area (TPSA) is 43.9 Å². The van der Waals surface area contributed by atoms with Crippen molar-refractivity contribution in [1.29, 1.82) is 0 Å². The van der Waals surface area contributed by atoms with Crippen LogP contribution in [0.1, 0.15) is 21.5 Å². The zero-order valence-electron chi connectivity index (χ0n) is 15.7. The molecule has 0 unspecified atom stereocenters. The molecule has 0 atom stereocenters. The highest BCUT2D eigenvalue weighted by molar-refractivity contribution is 5.95. The van der Waals surface area contributed by atoms with Gasteiger partial charge < -0.3 is 14.7 Å². The van der Waals surface area contributed by atoms with Gasteiger partial charge in [-0.15, -0.1) is 0 Å². The van der Waals surface area contributed by atoms with E-state index in [0.29, 0.717) is 43.9 Å². The lowest BCUT2D eigenvalue weighted by Crippen LogP contribution is -2.53. The summed E-state index contributed by atoms with van der Waals surface area (Å²) in [6.07, 6.45) is 0. The Morgan fingerprint density at radius 2 is 1.59 bits per heavy atom. The van der Waals surface area contributed by atoms with Gasteiger partial charge in [0.25, 0.3) is 5.91 Å². The molecule has 1 fully saturated rings. The lowest BCUT2D eigenvalue weighted by atomic mass is 10.1. The van der Waals surface area contributed by atoms with E-state index >= 15 is 0 Å². The molecule has 1 aliphatic heterocycles. The summed E-state index contributed by atoms with van der Waals surface area (Å²) in [6.45, 7) is 3.98. The van der Waals surface area contributed by atoms with Crippen LogP contribution in [-0.4, -0.2) is 59.9 Å². The van der Waals surface area contributed by atoms with E-state index in [1.165, 1.54) is 6.07 Å². The van der Waals surface area contributed by atoms with Crippen LogP contribution < -0.4 is 0 Å². The number of hydrogen-bond acceptors (Lipinski definition) is 2. The second kappa shape index (κ2) is 8.20. The van der Waals surface area contributed by atoms with Crippen LogP contribution in [-0.2, 0) is 6.54 Å². The van der Waals surface area contributed by atoms with E-state index < -0.39 is 0 Å². The van der Waals surface area contributed by atoms with Gasteiger partial charge in [-0.05, 0) is 30.2 Å². The summed E-state index contributed by atoms with van der Waals surface area (Å²) >= 11 is 0. The Balaban J connectivity index is 1.57. The molecule has 27 heavy (non-hydrogen) atoms. The summed E-state index contributed by atoms with van der Waals surface area (Å²) in [6, 6.07) is 14.3. The number of piperazine rings is 1. The van der Waals surface area contributed by atoms with Gasteiger partial charge in [0, 0.05) is 45.3 Å². The van der Waals surface area contributed by atoms with Gasteiger partial charge >= 0.3 is 6.03 Å². The van der Waals surface area contributed by atoms with Crippen molar-refractivity contribution < 1.29 is 14.0 Å². The third-order valence-electron chi connectivity index (χ3n) is 4.92. The maximum Gasteiger partial charge on any atom is 0.320 e. The number of urea groups is 1. The van der Waals surface area contributed by atoms with E-state index in [9.17, 15) is 14.0 Å². The van der Waals surface area contributed by atoms with Crippen molar-refractivity contribution >= 4 is 11.9 Å². The fourth-order valence-corrected chi connectivity index (χ4v) is 3.28. The molecule has 0 N–H and O–H groups in total. The van der Waals surface area contributed by atoms with Gasteiger partial charge in [-0.1, -0.05) is 36.4 Å². The van der Waals surface area contributed by atoms with Crippen molar-refractivity contribution in [3.8, 4) is 0 Å². The maximum atomic E-state index is 13.7. The third kappa shape index (κ3) is 4.27. The predicted molar refractivity (Wildman–Crippen MR) is 102 cm³/mol. The summed E-state index contributed by atoms with van der Waals surface area (Å²) in [7, 11) is 1.78. The molecule has 0 saturated carbocycles. The first-order valence-corrected chi connectivity index (χ1v) is 9.05. The smallest absolute Gasteiger partial charge is 0.320 e. The molecule has 142 valence electrons. The van der Waals surface area contributed by atoms with Gasteiger partial charge in [0.05, 0.1) is 0 Å². The molecule has 1 heterocycles. The first-order valence-electron chi connectivity index (χ1n) is 9.05. The minimum atomic E-state index is -0.378. The summed E-state index contributed by atoms with van der Waals surface area (Å²) in [4.78, 5) is 30.4. The molecule has 3 rings (SSSR count). The van der Waals surface area contributed by atoms with E-state index in [1.54, 1.807) is 40.8 Å². The molecule has 0 aliphatic carbocycles. The van der Waals surface area contributed by atoms with Crippen molar-refractivity contribution in [2.75, 3.05) is 33.2 Å². The Kier molecular flexibility index (Phi) is 5.74. The van der Waals surface area contributed by atoms with E-state index in [0.717, 1.165) is 5.56 Å². The summed E-state index contributed by atoms with van der Waals surface area (Å²) < 4.78 is 13.7. The number of amides is 3. The van der Waals surface area contributed by atoms with Crippen molar-refractivity contribution in [3.63, 3.8) is 0 Å².